The fourth-order valence-corrected chi connectivity index (χ4v) is 5.06. The molecule has 0 aliphatic heterocycles. The van der Waals surface area contributed by atoms with Crippen LogP contribution in [0.4, 0.5) is 5.95 Å². The molecule has 0 saturated heterocycles. The zero-order valence-electron chi connectivity index (χ0n) is 23.0. The van der Waals surface area contributed by atoms with Gasteiger partial charge in [-0.1, -0.05) is 142 Å². The summed E-state index contributed by atoms with van der Waals surface area (Å²) in [5.41, 5.74) is 0. The molecule has 0 bridgehead atoms. The van der Waals surface area contributed by atoms with Gasteiger partial charge >= 0.3 is 0 Å². The van der Waals surface area contributed by atoms with Gasteiger partial charge in [0.15, 0.2) is 0 Å². The van der Waals surface area contributed by atoms with E-state index >= 15 is 0 Å². The maximum atomic E-state index is 6.07. The van der Waals surface area contributed by atoms with Gasteiger partial charge < -0.3 is 4.90 Å². The van der Waals surface area contributed by atoms with Gasteiger partial charge in [-0.15, -0.1) is 0 Å². The highest BCUT2D eigenvalue weighted by Crippen LogP contribution is 2.18. The van der Waals surface area contributed by atoms with Gasteiger partial charge in [-0.2, -0.15) is 15.0 Å². The lowest BCUT2D eigenvalue weighted by Gasteiger charge is -2.22. The zero-order valence-corrected chi connectivity index (χ0v) is 24.5. The summed E-state index contributed by atoms with van der Waals surface area (Å²) < 4.78 is 0. The van der Waals surface area contributed by atoms with Crippen LogP contribution in [0, 0.1) is 0 Å². The van der Waals surface area contributed by atoms with Gasteiger partial charge in [-0.3, -0.25) is 0 Å². The number of aromatic nitrogens is 3. The van der Waals surface area contributed by atoms with Gasteiger partial charge in [-0.05, 0) is 36.0 Å². The minimum Gasteiger partial charge on any atom is -0.341 e. The number of hydrogen-bond donors (Lipinski definition) is 0. The van der Waals surface area contributed by atoms with E-state index in [1.165, 1.54) is 128 Å². The first kappa shape index (κ1) is 32.4. The Morgan fingerprint density at radius 1 is 0.429 bits per heavy atom. The van der Waals surface area contributed by atoms with Crippen molar-refractivity contribution in [2.75, 3.05) is 18.0 Å². The number of hydrogen-bond acceptors (Lipinski definition) is 4. The molecule has 0 spiro atoms. The quantitative estimate of drug-likeness (QED) is 0.118. The van der Waals surface area contributed by atoms with Gasteiger partial charge in [0.05, 0.1) is 0 Å². The fourth-order valence-electron chi connectivity index (χ4n) is 4.70. The van der Waals surface area contributed by atoms with Gasteiger partial charge in [0.1, 0.15) is 0 Å². The minimum atomic E-state index is 0.183. The Morgan fingerprint density at radius 2 is 0.714 bits per heavy atom. The summed E-state index contributed by atoms with van der Waals surface area (Å²) in [5.74, 6) is 0.633. The molecule has 0 saturated carbocycles. The van der Waals surface area contributed by atoms with E-state index in [2.05, 4.69) is 33.7 Å². The molecule has 0 aliphatic carbocycles. The van der Waals surface area contributed by atoms with Gasteiger partial charge in [0.2, 0.25) is 16.5 Å². The van der Waals surface area contributed by atoms with Gasteiger partial charge in [0, 0.05) is 13.1 Å². The van der Waals surface area contributed by atoms with E-state index in [0.717, 1.165) is 25.9 Å². The van der Waals surface area contributed by atoms with E-state index in [-0.39, 0.29) is 10.6 Å². The van der Waals surface area contributed by atoms with Crippen molar-refractivity contribution in [3.8, 4) is 0 Å². The van der Waals surface area contributed by atoms with Crippen molar-refractivity contribution in [3.63, 3.8) is 0 Å². The number of anilines is 1. The van der Waals surface area contributed by atoms with Crippen LogP contribution in [0.5, 0.6) is 0 Å². The third-order valence-electron chi connectivity index (χ3n) is 6.92. The first-order chi connectivity index (χ1) is 17.2. The third kappa shape index (κ3) is 19.2. The van der Waals surface area contributed by atoms with Crippen LogP contribution in [0.25, 0.3) is 0 Å². The highest BCUT2D eigenvalue weighted by atomic mass is 35.5. The summed E-state index contributed by atoms with van der Waals surface area (Å²) in [4.78, 5) is 14.9. The lowest BCUT2D eigenvalue weighted by Crippen LogP contribution is -2.28. The van der Waals surface area contributed by atoms with E-state index in [0.29, 0.717) is 5.95 Å². The Hall–Kier alpha value is -0.610. The maximum absolute atomic E-state index is 6.07. The molecule has 4 nitrogen and oxygen atoms in total. The average molecular weight is 530 g/mol. The minimum absolute atomic E-state index is 0.183. The van der Waals surface area contributed by atoms with Gasteiger partial charge in [-0.25, -0.2) is 0 Å². The molecule has 35 heavy (non-hydrogen) atoms. The van der Waals surface area contributed by atoms with Crippen LogP contribution in [-0.2, 0) is 0 Å². The van der Waals surface area contributed by atoms with Crippen LogP contribution in [0.15, 0.2) is 0 Å². The smallest absolute Gasteiger partial charge is 0.230 e. The van der Waals surface area contributed by atoms with Crippen LogP contribution in [0.3, 0.4) is 0 Å². The van der Waals surface area contributed by atoms with Crippen molar-refractivity contribution >= 4 is 29.2 Å². The van der Waals surface area contributed by atoms with E-state index in [9.17, 15) is 0 Å². The zero-order chi connectivity index (χ0) is 25.4. The number of unbranched alkanes of at least 4 members (excludes halogenated alkanes) is 20. The summed E-state index contributed by atoms with van der Waals surface area (Å²) in [7, 11) is 0. The van der Waals surface area contributed by atoms with Crippen LogP contribution in [-0.4, -0.2) is 28.0 Å². The Balaban J connectivity index is 2.21. The number of halogens is 2. The SMILES string of the molecule is CCCCCCCCCCCCCN(CCCCCCCCCCCCC)c1nc(Cl)nc(Cl)n1. The molecule has 6 heteroatoms. The van der Waals surface area contributed by atoms with Crippen molar-refractivity contribution in [2.45, 2.75) is 155 Å². The molecule has 0 radical (unpaired) electrons. The summed E-state index contributed by atoms with van der Waals surface area (Å²) in [6.07, 6.45) is 29.7. The molecule has 1 aromatic rings. The lowest BCUT2D eigenvalue weighted by atomic mass is 10.1. The second-order valence-corrected chi connectivity index (χ2v) is 10.9. The largest absolute Gasteiger partial charge is 0.341 e. The van der Waals surface area contributed by atoms with Crippen molar-refractivity contribution in [2.24, 2.45) is 0 Å². The van der Waals surface area contributed by atoms with Crippen molar-refractivity contribution < 1.29 is 0 Å². The molecule has 1 aromatic heterocycles. The van der Waals surface area contributed by atoms with E-state index in [1.807, 2.05) is 0 Å². The monoisotopic (exact) mass is 528 g/mol. The highest BCUT2D eigenvalue weighted by molar-refractivity contribution is 6.31. The molecule has 0 unspecified atom stereocenters. The van der Waals surface area contributed by atoms with Crippen molar-refractivity contribution in [1.82, 2.24) is 15.0 Å². The van der Waals surface area contributed by atoms with E-state index in [4.69, 9.17) is 23.2 Å². The first-order valence-corrected chi connectivity index (χ1v) is 15.7. The first-order valence-electron chi connectivity index (χ1n) is 15.0. The Kier molecular flexibility index (Phi) is 22.0. The second kappa shape index (κ2) is 23.8. The molecular formula is C29H54Cl2N4. The molecule has 204 valence electrons. The average Bonchev–Trinajstić information content (AvgIpc) is 2.84. The van der Waals surface area contributed by atoms with Crippen molar-refractivity contribution in [3.05, 3.63) is 10.6 Å². The summed E-state index contributed by atoms with van der Waals surface area (Å²) in [6.45, 7) is 6.49. The standard InChI is InChI=1S/C29H54Cl2N4/c1-3-5-7-9-11-13-15-17-19-21-23-25-35(29-33-27(30)32-28(31)34-29)26-24-22-20-18-16-14-12-10-8-6-4-2/h3-26H2,1-2H3. The molecule has 0 atom stereocenters. The lowest BCUT2D eigenvalue weighted by molar-refractivity contribution is 0.536. The molecule has 0 aromatic carbocycles. The molecule has 0 fully saturated rings. The number of rotatable bonds is 25. The Labute approximate surface area is 227 Å². The molecule has 1 rings (SSSR count). The maximum Gasteiger partial charge on any atom is 0.230 e. The molecular weight excluding hydrogens is 475 g/mol. The predicted octanol–water partition coefficient (Wildman–Crippen LogP) is 10.6. The topological polar surface area (TPSA) is 41.9 Å². The summed E-state index contributed by atoms with van der Waals surface area (Å²) >= 11 is 12.1. The van der Waals surface area contributed by atoms with E-state index < -0.39 is 0 Å². The van der Waals surface area contributed by atoms with Crippen LogP contribution < -0.4 is 4.90 Å². The van der Waals surface area contributed by atoms with Crippen molar-refractivity contribution in [1.29, 1.82) is 0 Å². The fraction of sp³-hybridized carbons (Fsp3) is 0.897. The summed E-state index contributed by atoms with van der Waals surface area (Å²) in [5, 5.41) is 0.366. The van der Waals surface area contributed by atoms with Crippen LogP contribution >= 0.6 is 23.2 Å². The second-order valence-electron chi connectivity index (χ2n) is 10.2. The van der Waals surface area contributed by atoms with Gasteiger partial charge in [0.25, 0.3) is 0 Å². The third-order valence-corrected chi connectivity index (χ3v) is 7.25. The van der Waals surface area contributed by atoms with Crippen LogP contribution in [0.1, 0.15) is 155 Å². The molecule has 1 heterocycles. The molecule has 0 amide bonds. The Bertz CT molecular complexity index is 554. The predicted molar refractivity (Wildman–Crippen MR) is 155 cm³/mol. The normalized spacial score (nSPS) is 11.3. The highest BCUT2D eigenvalue weighted by Gasteiger charge is 2.12. The molecule has 0 aliphatic rings. The molecule has 0 N–H and O–H groups in total. The number of nitrogens with zero attached hydrogens (tertiary/aromatic N) is 4. The Morgan fingerprint density at radius 3 is 1.03 bits per heavy atom. The van der Waals surface area contributed by atoms with E-state index in [1.54, 1.807) is 0 Å². The summed E-state index contributed by atoms with van der Waals surface area (Å²) in [6, 6.07) is 0. The van der Waals surface area contributed by atoms with Crippen LogP contribution in [0.2, 0.25) is 10.6 Å².